The van der Waals surface area contributed by atoms with Gasteiger partial charge in [-0.1, -0.05) is 18.2 Å². The molecule has 3 amide bonds. The second-order valence-electron chi connectivity index (χ2n) is 9.26. The number of hydrogen-bond donors (Lipinski definition) is 4. The Labute approximate surface area is 198 Å². The number of carbonyl (C=O) groups is 2. The molecule has 3 aliphatic rings. The highest BCUT2D eigenvalue weighted by atomic mass is 19.1. The number of rotatable bonds is 4. The fourth-order valence-corrected chi connectivity index (χ4v) is 4.75. The molecule has 1 saturated heterocycles. The zero-order valence-electron chi connectivity index (χ0n) is 19.6. The van der Waals surface area contributed by atoms with Crippen molar-refractivity contribution in [2.45, 2.75) is 51.6 Å². The summed E-state index contributed by atoms with van der Waals surface area (Å²) in [6.07, 6.45) is 7.88. The molecule has 1 unspecified atom stereocenters. The highest BCUT2D eigenvalue weighted by molar-refractivity contribution is 6.08. The molecule has 1 fully saturated rings. The largest absolute Gasteiger partial charge is 0.343 e. The Morgan fingerprint density at radius 2 is 2.00 bits per heavy atom. The average molecular weight is 467 g/mol. The number of benzene rings is 1. The lowest BCUT2D eigenvalue weighted by Crippen LogP contribution is -2.47. The molecule has 2 heterocycles. The van der Waals surface area contributed by atoms with Gasteiger partial charge in [-0.3, -0.25) is 15.6 Å². The second kappa shape index (κ2) is 9.40. The highest BCUT2D eigenvalue weighted by Gasteiger charge is 2.32. The van der Waals surface area contributed by atoms with Crippen molar-refractivity contribution in [1.82, 2.24) is 20.4 Å². The monoisotopic (exact) mass is 466 g/mol. The van der Waals surface area contributed by atoms with E-state index in [1.807, 2.05) is 26.0 Å². The Morgan fingerprint density at radius 1 is 1.21 bits per heavy atom. The van der Waals surface area contributed by atoms with Gasteiger partial charge in [0, 0.05) is 39.0 Å². The molecule has 9 heteroatoms. The number of halogens is 1. The minimum absolute atomic E-state index is 0.0568. The maximum Gasteiger partial charge on any atom is 0.317 e. The first-order valence-electron chi connectivity index (χ1n) is 11.7. The Bertz CT molecular complexity index is 1110. The van der Waals surface area contributed by atoms with E-state index < -0.39 is 17.3 Å². The third kappa shape index (κ3) is 4.73. The summed E-state index contributed by atoms with van der Waals surface area (Å²) in [7, 11) is 0. The number of fused-ring (bicyclic) bond motifs is 1. The first-order valence-corrected chi connectivity index (χ1v) is 11.7. The molecule has 1 aromatic rings. The molecule has 4 rings (SSSR count). The minimum atomic E-state index is -0.801. The lowest BCUT2D eigenvalue weighted by molar-refractivity contribution is 0.0918. The van der Waals surface area contributed by atoms with Crippen LogP contribution in [0.15, 0.2) is 35.9 Å². The van der Waals surface area contributed by atoms with Crippen LogP contribution in [0.3, 0.4) is 0 Å². The third-order valence-electron chi connectivity index (χ3n) is 6.57. The van der Waals surface area contributed by atoms with Crippen molar-refractivity contribution in [3.63, 3.8) is 0 Å². The van der Waals surface area contributed by atoms with Crippen LogP contribution in [-0.4, -0.2) is 58.6 Å². The van der Waals surface area contributed by atoms with Crippen molar-refractivity contribution in [3.05, 3.63) is 58.4 Å². The maximum absolute atomic E-state index is 14.9. The van der Waals surface area contributed by atoms with E-state index in [1.165, 1.54) is 6.07 Å². The Kier molecular flexibility index (Phi) is 6.54. The van der Waals surface area contributed by atoms with E-state index in [4.69, 9.17) is 10.8 Å². The molecule has 0 radical (unpaired) electrons. The summed E-state index contributed by atoms with van der Waals surface area (Å²) in [5.74, 6) is -0.411. The van der Waals surface area contributed by atoms with Gasteiger partial charge in [0.1, 0.15) is 17.5 Å². The maximum atomic E-state index is 14.9. The normalized spacial score (nSPS) is 21.7. The molecular formula is C25H31FN6O2. The van der Waals surface area contributed by atoms with Gasteiger partial charge >= 0.3 is 6.03 Å². The van der Waals surface area contributed by atoms with E-state index in [0.717, 1.165) is 23.1 Å². The summed E-state index contributed by atoms with van der Waals surface area (Å²) in [6.45, 7) is 5.69. The molecule has 4 N–H and O–H groups in total. The van der Waals surface area contributed by atoms with Crippen LogP contribution < -0.4 is 10.6 Å². The molecule has 2 aliphatic heterocycles. The number of allylic oxidation sites excluding steroid dienone is 2. The SMILES string of the molecule is CCNC(=O)N1CCc2cc(F)c(C(=O)NC3(C)C=CC=C(C(=N)N4CCCC4=N)C3)cc2C1. The predicted octanol–water partition coefficient (Wildman–Crippen LogP) is 3.34. The van der Waals surface area contributed by atoms with Gasteiger partial charge in [-0.2, -0.15) is 0 Å². The summed E-state index contributed by atoms with van der Waals surface area (Å²) >= 11 is 0. The molecule has 1 atom stereocenters. The van der Waals surface area contributed by atoms with E-state index >= 15 is 0 Å². The van der Waals surface area contributed by atoms with Gasteiger partial charge in [0.05, 0.1) is 11.1 Å². The van der Waals surface area contributed by atoms with Crippen LogP contribution in [0.4, 0.5) is 9.18 Å². The van der Waals surface area contributed by atoms with Gasteiger partial charge in [0.2, 0.25) is 0 Å². The average Bonchev–Trinajstić information content (AvgIpc) is 3.23. The molecular weight excluding hydrogens is 435 g/mol. The standard InChI is InChI=1S/C25H31FN6O2/c1-3-29-24(34)31-11-8-16-13-20(26)19(12-18(16)15-31)23(33)30-25(2)9-4-6-17(14-25)22(28)32-10-5-7-21(32)27/h4,6,9,12-13,27-28H,3,5,7-8,10-11,14-15H2,1-2H3,(H,29,34)(H,30,33). The number of amides is 3. The minimum Gasteiger partial charge on any atom is -0.343 e. The van der Waals surface area contributed by atoms with Crippen LogP contribution in [0.5, 0.6) is 0 Å². The number of carbonyl (C=O) groups excluding carboxylic acids is 2. The fraction of sp³-hybridized carbons (Fsp3) is 0.440. The van der Waals surface area contributed by atoms with Crippen molar-refractivity contribution in [2.75, 3.05) is 19.6 Å². The van der Waals surface area contributed by atoms with Crippen LogP contribution >= 0.6 is 0 Å². The number of likely N-dealkylation sites (tertiary alicyclic amines) is 1. The molecule has 0 bridgehead atoms. The summed E-state index contributed by atoms with van der Waals surface area (Å²) < 4.78 is 14.9. The number of urea groups is 1. The van der Waals surface area contributed by atoms with E-state index in [9.17, 15) is 14.0 Å². The number of hydrogen-bond acceptors (Lipinski definition) is 4. The van der Waals surface area contributed by atoms with Gasteiger partial charge in [-0.05, 0) is 55.5 Å². The first-order chi connectivity index (χ1) is 16.2. The molecule has 0 saturated carbocycles. The van der Waals surface area contributed by atoms with Crippen LogP contribution in [0.25, 0.3) is 0 Å². The Hall–Kier alpha value is -3.49. The summed E-state index contributed by atoms with van der Waals surface area (Å²) in [6, 6.07) is 2.78. The van der Waals surface area contributed by atoms with Gasteiger partial charge in [-0.15, -0.1) is 0 Å². The lowest BCUT2D eigenvalue weighted by Gasteiger charge is -2.33. The molecule has 180 valence electrons. The van der Waals surface area contributed by atoms with E-state index in [2.05, 4.69) is 10.6 Å². The van der Waals surface area contributed by atoms with Crippen molar-refractivity contribution in [2.24, 2.45) is 0 Å². The molecule has 34 heavy (non-hydrogen) atoms. The summed E-state index contributed by atoms with van der Waals surface area (Å²) in [4.78, 5) is 28.7. The smallest absolute Gasteiger partial charge is 0.317 e. The molecule has 0 spiro atoms. The Balaban J connectivity index is 1.48. The van der Waals surface area contributed by atoms with Crippen molar-refractivity contribution < 1.29 is 14.0 Å². The van der Waals surface area contributed by atoms with Crippen LogP contribution in [0.2, 0.25) is 0 Å². The highest BCUT2D eigenvalue weighted by Crippen LogP contribution is 2.28. The summed E-state index contributed by atoms with van der Waals surface area (Å²) in [5.41, 5.74) is 1.44. The van der Waals surface area contributed by atoms with Crippen molar-refractivity contribution in [1.29, 1.82) is 10.8 Å². The molecule has 1 aliphatic carbocycles. The zero-order chi connectivity index (χ0) is 24.5. The fourth-order valence-electron chi connectivity index (χ4n) is 4.75. The van der Waals surface area contributed by atoms with Crippen molar-refractivity contribution in [3.8, 4) is 0 Å². The topological polar surface area (TPSA) is 112 Å². The quantitative estimate of drug-likeness (QED) is 0.403. The van der Waals surface area contributed by atoms with Gasteiger partial charge < -0.3 is 20.4 Å². The third-order valence-corrected chi connectivity index (χ3v) is 6.57. The van der Waals surface area contributed by atoms with Crippen LogP contribution in [-0.2, 0) is 13.0 Å². The molecule has 0 aromatic heterocycles. The molecule has 8 nitrogen and oxygen atoms in total. The second-order valence-corrected chi connectivity index (χ2v) is 9.26. The number of amidine groups is 2. The van der Waals surface area contributed by atoms with E-state index in [1.54, 1.807) is 21.9 Å². The summed E-state index contributed by atoms with van der Waals surface area (Å²) in [5, 5.41) is 22.3. The van der Waals surface area contributed by atoms with Crippen LogP contribution in [0, 0.1) is 16.6 Å². The number of nitrogens with one attached hydrogen (secondary N) is 4. The van der Waals surface area contributed by atoms with E-state index in [0.29, 0.717) is 51.3 Å². The number of nitrogens with zero attached hydrogens (tertiary/aromatic N) is 2. The predicted molar refractivity (Wildman–Crippen MR) is 129 cm³/mol. The van der Waals surface area contributed by atoms with Crippen molar-refractivity contribution >= 4 is 23.6 Å². The molecule has 1 aromatic carbocycles. The van der Waals surface area contributed by atoms with Gasteiger partial charge in [-0.25, -0.2) is 9.18 Å². The lowest BCUT2D eigenvalue weighted by atomic mass is 9.87. The van der Waals surface area contributed by atoms with E-state index in [-0.39, 0.29) is 17.4 Å². The zero-order valence-corrected chi connectivity index (χ0v) is 19.6. The first kappa shape index (κ1) is 23.7. The Morgan fingerprint density at radius 3 is 2.71 bits per heavy atom. The van der Waals surface area contributed by atoms with Gasteiger partial charge in [0.25, 0.3) is 5.91 Å². The van der Waals surface area contributed by atoms with Gasteiger partial charge in [0.15, 0.2) is 0 Å². The van der Waals surface area contributed by atoms with Crippen LogP contribution in [0.1, 0.15) is 54.6 Å².